The van der Waals surface area contributed by atoms with Crippen molar-refractivity contribution in [2.24, 2.45) is 0 Å². The largest absolute Gasteiger partial charge is 0.497 e. The lowest BCUT2D eigenvalue weighted by atomic mass is 9.99. The first-order valence-electron chi connectivity index (χ1n) is 9.36. The Morgan fingerprint density at radius 1 is 0.828 bits per heavy atom. The first-order valence-corrected chi connectivity index (χ1v) is 9.36. The molecule has 0 saturated carbocycles. The number of nitrogens with one attached hydrogen (secondary N) is 3. The van der Waals surface area contributed by atoms with Gasteiger partial charge in [-0.15, -0.1) is 0 Å². The Balaban J connectivity index is 1.92. The second-order valence-corrected chi connectivity index (χ2v) is 6.63. The Hall–Kier alpha value is -3.74. The molecule has 2 heterocycles. The fourth-order valence-electron chi connectivity index (χ4n) is 3.33. The topological polar surface area (TPSA) is 100.0 Å². The van der Waals surface area contributed by atoms with Gasteiger partial charge in [0.15, 0.2) is 0 Å². The summed E-state index contributed by atoms with van der Waals surface area (Å²) in [5, 5.41) is 0.399. The molecule has 0 aliphatic heterocycles. The number of benzene rings is 2. The highest BCUT2D eigenvalue weighted by molar-refractivity contribution is 6.01. The molecule has 0 aliphatic rings. The third kappa shape index (κ3) is 3.54. The maximum Gasteiger partial charge on any atom is 0.327 e. The average Bonchev–Trinajstić information content (AvgIpc) is 3.12. The summed E-state index contributed by atoms with van der Waals surface area (Å²) in [6.07, 6.45) is 0.932. The zero-order valence-electron chi connectivity index (χ0n) is 16.2. The van der Waals surface area contributed by atoms with Gasteiger partial charge < -0.3 is 14.5 Å². The maximum absolute atomic E-state index is 12.6. The highest BCUT2D eigenvalue weighted by Crippen LogP contribution is 2.37. The maximum atomic E-state index is 12.6. The number of ether oxygens (including phenoxy) is 2. The van der Waals surface area contributed by atoms with Crippen LogP contribution < -0.4 is 20.7 Å². The Kier molecular flexibility index (Phi) is 4.95. The van der Waals surface area contributed by atoms with Crippen molar-refractivity contribution in [2.45, 2.75) is 13.3 Å². The Bertz CT molecular complexity index is 1250. The standard InChI is InChI=1S/C22H21N3O4/c1-3-12-29-16-10-6-14(7-11-16)19-17(13-4-8-15(28-2)9-5-13)18-20(23-19)24-22(27)25-21(18)26/h4-11H,3,12H2,1-2H3,(H3,23,24,25,26,27). The predicted molar refractivity (Wildman–Crippen MR) is 113 cm³/mol. The average molecular weight is 391 g/mol. The molecule has 2 aromatic heterocycles. The molecule has 0 atom stereocenters. The quantitative estimate of drug-likeness (QED) is 0.467. The molecule has 0 fully saturated rings. The van der Waals surface area contributed by atoms with Gasteiger partial charge >= 0.3 is 5.69 Å². The van der Waals surface area contributed by atoms with Gasteiger partial charge in [-0.1, -0.05) is 19.1 Å². The van der Waals surface area contributed by atoms with Crippen LogP contribution >= 0.6 is 0 Å². The molecule has 0 saturated heterocycles. The van der Waals surface area contributed by atoms with E-state index in [1.165, 1.54) is 0 Å². The van der Waals surface area contributed by atoms with E-state index < -0.39 is 11.2 Å². The molecule has 0 aliphatic carbocycles. The van der Waals surface area contributed by atoms with Crippen LogP contribution in [0.2, 0.25) is 0 Å². The van der Waals surface area contributed by atoms with Gasteiger partial charge in [0.2, 0.25) is 0 Å². The highest BCUT2D eigenvalue weighted by Gasteiger charge is 2.19. The third-order valence-electron chi connectivity index (χ3n) is 4.69. The monoisotopic (exact) mass is 391 g/mol. The highest BCUT2D eigenvalue weighted by atomic mass is 16.5. The minimum absolute atomic E-state index is 0.380. The van der Waals surface area contributed by atoms with Crippen molar-refractivity contribution in [1.29, 1.82) is 0 Å². The molecule has 7 nitrogen and oxygen atoms in total. The molecule has 148 valence electrons. The lowest BCUT2D eigenvalue weighted by Crippen LogP contribution is -2.21. The molecule has 0 radical (unpaired) electrons. The van der Waals surface area contributed by atoms with E-state index in [9.17, 15) is 9.59 Å². The van der Waals surface area contributed by atoms with Crippen molar-refractivity contribution in [3.05, 3.63) is 69.4 Å². The van der Waals surface area contributed by atoms with E-state index in [1.54, 1.807) is 7.11 Å². The van der Waals surface area contributed by atoms with Gasteiger partial charge in [-0.2, -0.15) is 0 Å². The summed E-state index contributed by atoms with van der Waals surface area (Å²) in [5.41, 5.74) is 2.53. The summed E-state index contributed by atoms with van der Waals surface area (Å²) >= 11 is 0. The summed E-state index contributed by atoms with van der Waals surface area (Å²) in [4.78, 5) is 32.5. The molecular formula is C22H21N3O4. The fraction of sp³-hybridized carbons (Fsp3) is 0.182. The lowest BCUT2D eigenvalue weighted by Gasteiger charge is -2.08. The van der Waals surface area contributed by atoms with E-state index in [0.29, 0.717) is 23.2 Å². The van der Waals surface area contributed by atoms with Crippen LogP contribution in [-0.2, 0) is 0 Å². The van der Waals surface area contributed by atoms with Crippen molar-refractivity contribution in [2.75, 3.05) is 13.7 Å². The molecule has 0 amide bonds. The summed E-state index contributed by atoms with van der Waals surface area (Å²) in [5.74, 6) is 1.50. The van der Waals surface area contributed by atoms with Crippen molar-refractivity contribution >= 4 is 11.0 Å². The zero-order chi connectivity index (χ0) is 20.4. The number of rotatable bonds is 6. The van der Waals surface area contributed by atoms with Crippen LogP contribution in [0, 0.1) is 0 Å². The Labute approximate surface area is 166 Å². The summed E-state index contributed by atoms with van der Waals surface area (Å²) in [6.45, 7) is 2.71. The Morgan fingerprint density at radius 2 is 1.48 bits per heavy atom. The molecule has 4 rings (SSSR count). The second-order valence-electron chi connectivity index (χ2n) is 6.63. The van der Waals surface area contributed by atoms with Gasteiger partial charge in [0, 0.05) is 5.56 Å². The van der Waals surface area contributed by atoms with Crippen LogP contribution in [0.25, 0.3) is 33.4 Å². The van der Waals surface area contributed by atoms with Gasteiger partial charge in [0.1, 0.15) is 17.1 Å². The summed E-state index contributed by atoms with van der Waals surface area (Å²) in [6, 6.07) is 15.1. The van der Waals surface area contributed by atoms with Crippen molar-refractivity contribution in [1.82, 2.24) is 15.0 Å². The number of methoxy groups -OCH3 is 1. The van der Waals surface area contributed by atoms with E-state index in [0.717, 1.165) is 34.7 Å². The minimum atomic E-state index is -0.556. The van der Waals surface area contributed by atoms with Crippen molar-refractivity contribution < 1.29 is 9.47 Å². The first-order chi connectivity index (χ1) is 14.1. The number of fused-ring (bicyclic) bond motifs is 1. The van der Waals surface area contributed by atoms with Gasteiger partial charge in [0.25, 0.3) is 5.56 Å². The molecule has 7 heteroatoms. The summed E-state index contributed by atoms with van der Waals surface area (Å²) < 4.78 is 10.9. The number of aromatic nitrogens is 3. The van der Waals surface area contributed by atoms with E-state index in [-0.39, 0.29) is 0 Å². The Morgan fingerprint density at radius 3 is 2.14 bits per heavy atom. The van der Waals surface area contributed by atoms with E-state index in [4.69, 9.17) is 9.47 Å². The minimum Gasteiger partial charge on any atom is -0.497 e. The van der Waals surface area contributed by atoms with Crippen LogP contribution in [0.1, 0.15) is 13.3 Å². The SMILES string of the molecule is CCCOc1ccc(-c2[nH]c3[nH]c(=O)[nH]c(=O)c3c2-c2ccc(OC)cc2)cc1. The molecule has 29 heavy (non-hydrogen) atoms. The van der Waals surface area contributed by atoms with Crippen LogP contribution in [0.4, 0.5) is 0 Å². The third-order valence-corrected chi connectivity index (χ3v) is 4.69. The smallest absolute Gasteiger partial charge is 0.327 e. The fourth-order valence-corrected chi connectivity index (χ4v) is 3.33. The first kappa shape index (κ1) is 18.6. The van der Waals surface area contributed by atoms with Gasteiger partial charge in [-0.25, -0.2) is 4.79 Å². The number of H-pyrrole nitrogens is 3. The number of hydrogen-bond acceptors (Lipinski definition) is 4. The van der Waals surface area contributed by atoms with Gasteiger partial charge in [0.05, 0.1) is 24.8 Å². The predicted octanol–water partition coefficient (Wildman–Crippen LogP) is 3.68. The number of hydrogen-bond donors (Lipinski definition) is 3. The molecule has 4 aromatic rings. The van der Waals surface area contributed by atoms with E-state index in [2.05, 4.69) is 21.9 Å². The summed E-state index contributed by atoms with van der Waals surface area (Å²) in [7, 11) is 1.60. The van der Waals surface area contributed by atoms with E-state index in [1.807, 2.05) is 48.5 Å². The lowest BCUT2D eigenvalue weighted by molar-refractivity contribution is 0.317. The zero-order valence-corrected chi connectivity index (χ0v) is 16.2. The van der Waals surface area contributed by atoms with Crippen molar-refractivity contribution in [3.63, 3.8) is 0 Å². The van der Waals surface area contributed by atoms with Crippen LogP contribution in [-0.4, -0.2) is 28.7 Å². The molecule has 3 N–H and O–H groups in total. The van der Waals surface area contributed by atoms with Gasteiger partial charge in [-0.05, 0) is 53.9 Å². The van der Waals surface area contributed by atoms with Gasteiger partial charge in [-0.3, -0.25) is 14.8 Å². The second kappa shape index (κ2) is 7.71. The molecular weight excluding hydrogens is 370 g/mol. The normalized spacial score (nSPS) is 11.0. The van der Waals surface area contributed by atoms with Crippen LogP contribution in [0.3, 0.4) is 0 Å². The van der Waals surface area contributed by atoms with Crippen LogP contribution in [0.15, 0.2) is 58.1 Å². The van der Waals surface area contributed by atoms with Crippen molar-refractivity contribution in [3.8, 4) is 33.9 Å². The number of aromatic amines is 3. The molecule has 0 unspecified atom stereocenters. The molecule has 0 bridgehead atoms. The van der Waals surface area contributed by atoms with E-state index >= 15 is 0 Å². The molecule has 2 aromatic carbocycles. The molecule has 0 spiro atoms. The van der Waals surface area contributed by atoms with Crippen LogP contribution in [0.5, 0.6) is 11.5 Å².